The predicted octanol–water partition coefficient (Wildman–Crippen LogP) is 5.31. The number of H-pyrrole nitrogens is 1. The van der Waals surface area contributed by atoms with Gasteiger partial charge >= 0.3 is 0 Å². The molecule has 0 saturated heterocycles. The molecule has 0 atom stereocenters. The number of carbonyl (C=O) groups excluding carboxylic acids is 1. The first-order chi connectivity index (χ1) is 13.6. The minimum absolute atomic E-state index is 0.0625. The van der Waals surface area contributed by atoms with E-state index in [1.54, 1.807) is 7.11 Å². The third-order valence-electron chi connectivity index (χ3n) is 5.25. The van der Waals surface area contributed by atoms with Gasteiger partial charge in [-0.25, -0.2) is 0 Å². The topological polar surface area (TPSA) is 54.1 Å². The number of rotatable bonds is 5. The van der Waals surface area contributed by atoms with Crippen molar-refractivity contribution in [1.82, 2.24) is 4.98 Å². The summed E-state index contributed by atoms with van der Waals surface area (Å²) in [6, 6.07) is 16.2. The van der Waals surface area contributed by atoms with Gasteiger partial charge in [0.05, 0.1) is 12.7 Å². The fourth-order valence-corrected chi connectivity index (χ4v) is 3.65. The first-order valence-electron chi connectivity index (χ1n) is 9.65. The number of fused-ring (bicyclic) bond motifs is 1. The molecule has 0 radical (unpaired) electrons. The number of ether oxygens (including phenoxy) is 1. The molecule has 1 aliphatic rings. The lowest BCUT2D eigenvalue weighted by Crippen LogP contribution is -2.03. The van der Waals surface area contributed by atoms with Crippen LogP contribution in [0.25, 0.3) is 22.8 Å². The Morgan fingerprint density at radius 2 is 1.82 bits per heavy atom. The number of hydrogen-bond acceptors (Lipinski definition) is 2. The minimum Gasteiger partial charge on any atom is -0.497 e. The normalized spacial score (nSPS) is 14.2. The Hall–Kier alpha value is -3.27. The number of amides is 1. The zero-order valence-electron chi connectivity index (χ0n) is 16.4. The zero-order valence-corrected chi connectivity index (χ0v) is 16.4. The van der Waals surface area contributed by atoms with Crippen molar-refractivity contribution < 1.29 is 9.53 Å². The summed E-state index contributed by atoms with van der Waals surface area (Å²) in [4.78, 5) is 16.1. The Balaban J connectivity index is 1.73. The maximum atomic E-state index is 12.6. The Kier molecular flexibility index (Phi) is 4.78. The van der Waals surface area contributed by atoms with Crippen molar-refractivity contribution in [2.75, 3.05) is 12.4 Å². The molecule has 1 aliphatic heterocycles. The summed E-state index contributed by atoms with van der Waals surface area (Å²) in [5.41, 5.74) is 8.03. The second-order valence-corrected chi connectivity index (χ2v) is 6.95. The van der Waals surface area contributed by atoms with Crippen LogP contribution in [0.4, 0.5) is 5.69 Å². The number of aromatic amines is 1. The van der Waals surface area contributed by atoms with E-state index in [4.69, 9.17) is 4.74 Å². The summed E-state index contributed by atoms with van der Waals surface area (Å²) >= 11 is 0. The molecule has 0 unspecified atom stereocenters. The van der Waals surface area contributed by atoms with E-state index in [-0.39, 0.29) is 5.91 Å². The van der Waals surface area contributed by atoms with Crippen molar-refractivity contribution >= 4 is 23.2 Å². The minimum atomic E-state index is -0.0625. The van der Waals surface area contributed by atoms with E-state index in [1.165, 1.54) is 11.3 Å². The fraction of sp³-hybridized carbons (Fsp3) is 0.208. The Bertz CT molecular complexity index is 1080. The summed E-state index contributed by atoms with van der Waals surface area (Å²) in [5.74, 6) is 0.751. The molecule has 1 amide bonds. The lowest BCUT2D eigenvalue weighted by Gasteiger charge is -2.07. The molecule has 0 fully saturated rings. The van der Waals surface area contributed by atoms with Gasteiger partial charge in [-0.15, -0.1) is 0 Å². The van der Waals surface area contributed by atoms with E-state index in [2.05, 4.69) is 36.3 Å². The molecular weight excluding hydrogens is 348 g/mol. The van der Waals surface area contributed by atoms with Gasteiger partial charge in [0, 0.05) is 22.6 Å². The first-order valence-corrected chi connectivity index (χ1v) is 9.65. The largest absolute Gasteiger partial charge is 0.497 e. The molecule has 2 N–H and O–H groups in total. The van der Waals surface area contributed by atoms with E-state index in [0.29, 0.717) is 5.57 Å². The quantitative estimate of drug-likeness (QED) is 0.597. The van der Waals surface area contributed by atoms with Crippen LogP contribution >= 0.6 is 0 Å². The third kappa shape index (κ3) is 3.22. The maximum absolute atomic E-state index is 12.6. The van der Waals surface area contributed by atoms with Gasteiger partial charge in [-0.3, -0.25) is 4.79 Å². The van der Waals surface area contributed by atoms with Crippen LogP contribution in [0.1, 0.15) is 36.4 Å². The van der Waals surface area contributed by atoms with Gasteiger partial charge in [0.2, 0.25) is 0 Å². The second-order valence-electron chi connectivity index (χ2n) is 6.95. The summed E-state index contributed by atoms with van der Waals surface area (Å²) in [6.45, 7) is 4.26. The lowest BCUT2D eigenvalue weighted by atomic mass is 9.99. The molecule has 4 nitrogen and oxygen atoms in total. The molecule has 3 aromatic rings. The molecule has 142 valence electrons. The van der Waals surface area contributed by atoms with Crippen LogP contribution in [0.15, 0.2) is 48.5 Å². The molecule has 1 aromatic heterocycles. The van der Waals surface area contributed by atoms with Crippen LogP contribution in [0.5, 0.6) is 5.75 Å². The third-order valence-corrected chi connectivity index (χ3v) is 5.25. The van der Waals surface area contributed by atoms with Gasteiger partial charge in [-0.1, -0.05) is 38.1 Å². The Morgan fingerprint density at radius 3 is 2.57 bits per heavy atom. The van der Waals surface area contributed by atoms with Crippen molar-refractivity contribution in [3.05, 3.63) is 71.0 Å². The molecule has 4 rings (SSSR count). The number of nitrogens with one attached hydrogen (secondary N) is 2. The van der Waals surface area contributed by atoms with Gasteiger partial charge in [0.1, 0.15) is 5.75 Å². The molecule has 0 spiro atoms. The molecule has 28 heavy (non-hydrogen) atoms. The average molecular weight is 372 g/mol. The van der Waals surface area contributed by atoms with Crippen molar-refractivity contribution in [3.63, 3.8) is 0 Å². The SMILES string of the molecule is CCc1cc(CC)c(/C=C2\C(=O)Nc3cc(-c4cccc(OC)c4)ccc32)[nH]1. The zero-order chi connectivity index (χ0) is 19.7. The summed E-state index contributed by atoms with van der Waals surface area (Å²) < 4.78 is 5.32. The van der Waals surface area contributed by atoms with E-state index in [9.17, 15) is 4.79 Å². The van der Waals surface area contributed by atoms with Gasteiger partial charge in [0.25, 0.3) is 5.91 Å². The van der Waals surface area contributed by atoms with Gasteiger partial charge < -0.3 is 15.0 Å². The fourth-order valence-electron chi connectivity index (χ4n) is 3.65. The molecule has 4 heteroatoms. The van der Waals surface area contributed by atoms with Crippen LogP contribution in [0.2, 0.25) is 0 Å². The highest BCUT2D eigenvalue weighted by molar-refractivity contribution is 6.35. The summed E-state index contributed by atoms with van der Waals surface area (Å²) in [5, 5.41) is 3.01. The number of benzene rings is 2. The molecular formula is C24H24N2O2. The number of anilines is 1. The summed E-state index contributed by atoms with van der Waals surface area (Å²) in [7, 11) is 1.66. The van der Waals surface area contributed by atoms with Crippen molar-refractivity contribution in [2.45, 2.75) is 26.7 Å². The number of aryl methyl sites for hydroxylation is 2. The van der Waals surface area contributed by atoms with Crippen LogP contribution in [-0.4, -0.2) is 18.0 Å². The average Bonchev–Trinajstić information content (AvgIpc) is 3.28. The van der Waals surface area contributed by atoms with E-state index in [1.807, 2.05) is 42.5 Å². The van der Waals surface area contributed by atoms with E-state index in [0.717, 1.165) is 46.7 Å². The number of methoxy groups -OCH3 is 1. The smallest absolute Gasteiger partial charge is 0.256 e. The number of carbonyl (C=O) groups is 1. The lowest BCUT2D eigenvalue weighted by molar-refractivity contribution is -0.110. The highest BCUT2D eigenvalue weighted by atomic mass is 16.5. The monoisotopic (exact) mass is 372 g/mol. The van der Waals surface area contributed by atoms with Crippen LogP contribution < -0.4 is 10.1 Å². The van der Waals surface area contributed by atoms with Crippen LogP contribution in [0, 0.1) is 0 Å². The standard InChI is InChI=1S/C24H24N2O2/c1-4-15-11-18(5-2)25-22(15)14-21-20-10-9-17(13-23(20)26-24(21)27)16-7-6-8-19(12-16)28-3/h6-14,25H,4-5H2,1-3H3,(H,26,27)/b21-14-. The molecule has 2 aromatic carbocycles. The van der Waals surface area contributed by atoms with Gasteiger partial charge in [-0.2, -0.15) is 0 Å². The highest BCUT2D eigenvalue weighted by Crippen LogP contribution is 2.37. The second kappa shape index (κ2) is 7.39. The molecule has 2 heterocycles. The molecule has 0 aliphatic carbocycles. The Labute approximate surface area is 165 Å². The van der Waals surface area contributed by atoms with E-state index < -0.39 is 0 Å². The van der Waals surface area contributed by atoms with Crippen molar-refractivity contribution in [3.8, 4) is 16.9 Å². The molecule has 0 bridgehead atoms. The summed E-state index contributed by atoms with van der Waals surface area (Å²) in [6.07, 6.45) is 3.85. The van der Waals surface area contributed by atoms with Crippen molar-refractivity contribution in [2.24, 2.45) is 0 Å². The van der Waals surface area contributed by atoms with Gasteiger partial charge in [0.15, 0.2) is 0 Å². The number of hydrogen-bond donors (Lipinski definition) is 2. The number of aromatic nitrogens is 1. The van der Waals surface area contributed by atoms with E-state index >= 15 is 0 Å². The maximum Gasteiger partial charge on any atom is 0.256 e. The predicted molar refractivity (Wildman–Crippen MR) is 114 cm³/mol. The molecule has 0 saturated carbocycles. The van der Waals surface area contributed by atoms with Crippen LogP contribution in [-0.2, 0) is 17.6 Å². The highest BCUT2D eigenvalue weighted by Gasteiger charge is 2.25. The van der Waals surface area contributed by atoms with Crippen LogP contribution in [0.3, 0.4) is 0 Å². The Morgan fingerprint density at radius 1 is 1.00 bits per heavy atom. The van der Waals surface area contributed by atoms with Gasteiger partial charge in [-0.05, 0) is 59.9 Å². The first kappa shape index (κ1) is 18.1. The van der Waals surface area contributed by atoms with Crippen molar-refractivity contribution in [1.29, 1.82) is 0 Å².